The van der Waals surface area contributed by atoms with Gasteiger partial charge in [0.15, 0.2) is 0 Å². The van der Waals surface area contributed by atoms with Gasteiger partial charge >= 0.3 is 12.2 Å². The van der Waals surface area contributed by atoms with Crippen LogP contribution in [0.2, 0.25) is 10.0 Å². The van der Waals surface area contributed by atoms with E-state index in [0.29, 0.717) is 22.5 Å². The van der Waals surface area contributed by atoms with Crippen molar-refractivity contribution in [3.8, 4) is 17.0 Å². The minimum Gasteiger partial charge on any atom is -0.493 e. The van der Waals surface area contributed by atoms with E-state index >= 15 is 0 Å². The predicted molar refractivity (Wildman–Crippen MR) is 118 cm³/mol. The number of fused-ring (bicyclic) bond motifs is 1. The van der Waals surface area contributed by atoms with E-state index in [1.807, 2.05) is 0 Å². The number of ether oxygens (including phenoxy) is 1. The van der Waals surface area contributed by atoms with Crippen LogP contribution in [0, 0.1) is 0 Å². The maximum absolute atomic E-state index is 12.7. The summed E-state index contributed by atoms with van der Waals surface area (Å²) in [5.74, 6) is 0.173. The molecule has 0 spiro atoms. The summed E-state index contributed by atoms with van der Waals surface area (Å²) in [7, 11) is 0. The Bertz CT molecular complexity index is 1060. The van der Waals surface area contributed by atoms with Gasteiger partial charge in [-0.25, -0.2) is 14.8 Å². The lowest BCUT2D eigenvalue weighted by Crippen LogP contribution is -2.45. The summed E-state index contributed by atoms with van der Waals surface area (Å²) < 4.78 is 43.1. The van der Waals surface area contributed by atoms with Crippen molar-refractivity contribution in [2.45, 2.75) is 57.4 Å². The number of nitrogens with zero attached hydrogens (tertiary/aromatic N) is 3. The molecule has 1 aliphatic heterocycles. The van der Waals surface area contributed by atoms with Crippen LogP contribution in [0.1, 0.15) is 43.4 Å². The van der Waals surface area contributed by atoms with Gasteiger partial charge in [0.05, 0.1) is 41.7 Å². The van der Waals surface area contributed by atoms with Crippen LogP contribution in [0.15, 0.2) is 12.1 Å². The summed E-state index contributed by atoms with van der Waals surface area (Å²) in [6, 6.07) is 2.94. The number of hydrogen-bond donors (Lipinski definition) is 2. The van der Waals surface area contributed by atoms with Crippen LogP contribution in [-0.2, 0) is 13.1 Å². The van der Waals surface area contributed by atoms with Crippen LogP contribution in [0.25, 0.3) is 11.3 Å². The number of rotatable bonds is 6. The van der Waals surface area contributed by atoms with Crippen molar-refractivity contribution >= 4 is 35.2 Å². The van der Waals surface area contributed by atoms with Crippen LogP contribution in [-0.4, -0.2) is 39.7 Å². The van der Waals surface area contributed by atoms with Crippen molar-refractivity contribution in [3.63, 3.8) is 0 Å². The van der Waals surface area contributed by atoms with Gasteiger partial charge < -0.3 is 20.7 Å². The number of benzene rings is 1. The number of anilines is 1. The van der Waals surface area contributed by atoms with E-state index in [9.17, 15) is 18.0 Å². The van der Waals surface area contributed by atoms with Crippen LogP contribution >= 0.6 is 23.2 Å². The van der Waals surface area contributed by atoms with Crippen LogP contribution in [0.4, 0.5) is 23.9 Å². The molecule has 12 heteroatoms. The van der Waals surface area contributed by atoms with E-state index in [1.165, 1.54) is 12.1 Å². The highest BCUT2D eigenvalue weighted by atomic mass is 35.5. The molecule has 2 aromatic rings. The quantitative estimate of drug-likeness (QED) is 0.519. The molecule has 178 valence electrons. The number of nitrogens with one attached hydrogen (secondary N) is 1. The van der Waals surface area contributed by atoms with Gasteiger partial charge in [0.2, 0.25) is 5.95 Å². The number of nitrogen functional groups attached to an aromatic ring is 1. The molecule has 33 heavy (non-hydrogen) atoms. The van der Waals surface area contributed by atoms with Gasteiger partial charge in [-0.1, -0.05) is 23.2 Å². The minimum atomic E-state index is -4.27. The maximum Gasteiger partial charge on any atom is 0.389 e. The molecule has 1 fully saturated rings. The predicted octanol–water partition coefficient (Wildman–Crippen LogP) is 5.33. The van der Waals surface area contributed by atoms with Gasteiger partial charge in [0.1, 0.15) is 5.75 Å². The zero-order valence-corrected chi connectivity index (χ0v) is 19.0. The Labute approximate surface area is 198 Å². The zero-order valence-electron chi connectivity index (χ0n) is 17.5. The number of alkyl halides is 3. The van der Waals surface area contributed by atoms with Crippen LogP contribution < -0.4 is 15.8 Å². The molecule has 0 bridgehead atoms. The Hall–Kier alpha value is -2.46. The molecular formula is C21H22Cl2F3N5O2. The van der Waals surface area contributed by atoms with E-state index in [-0.39, 0.29) is 59.9 Å². The third kappa shape index (κ3) is 5.55. The number of carbonyl (C=O) groups is 1. The lowest BCUT2D eigenvalue weighted by atomic mass is 9.93. The number of aromatic nitrogens is 2. The molecule has 1 aromatic heterocycles. The van der Waals surface area contributed by atoms with Crippen molar-refractivity contribution in [3.05, 3.63) is 33.4 Å². The Morgan fingerprint density at radius 2 is 2.00 bits per heavy atom. The summed E-state index contributed by atoms with van der Waals surface area (Å²) >= 11 is 12.6. The monoisotopic (exact) mass is 503 g/mol. The van der Waals surface area contributed by atoms with E-state index in [4.69, 9.17) is 33.7 Å². The Kier molecular flexibility index (Phi) is 6.76. The second-order valence-corrected chi connectivity index (χ2v) is 8.96. The fourth-order valence-corrected chi connectivity index (χ4v) is 4.36. The summed E-state index contributed by atoms with van der Waals surface area (Å²) in [6.45, 7) is 0.290. The van der Waals surface area contributed by atoms with Gasteiger partial charge in [-0.2, -0.15) is 13.2 Å². The molecule has 0 saturated heterocycles. The maximum atomic E-state index is 12.7. The normalized spacial score (nSPS) is 15.8. The number of nitrogens with two attached hydrogens (primary N) is 1. The molecule has 1 aliphatic carbocycles. The highest BCUT2D eigenvalue weighted by molar-refractivity contribution is 6.37. The molecule has 0 unspecified atom stereocenters. The van der Waals surface area contributed by atoms with Crippen LogP contribution in [0.3, 0.4) is 0 Å². The van der Waals surface area contributed by atoms with Crippen molar-refractivity contribution < 1.29 is 22.7 Å². The van der Waals surface area contributed by atoms with Crippen LogP contribution in [0.5, 0.6) is 5.75 Å². The Morgan fingerprint density at radius 1 is 1.24 bits per heavy atom. The summed E-state index contributed by atoms with van der Waals surface area (Å²) in [5, 5.41) is 3.45. The first-order valence-electron chi connectivity index (χ1n) is 10.5. The second kappa shape index (κ2) is 9.42. The average molecular weight is 504 g/mol. The molecule has 0 radical (unpaired) electrons. The van der Waals surface area contributed by atoms with Crippen molar-refractivity contribution in [1.29, 1.82) is 0 Å². The highest BCUT2D eigenvalue weighted by Gasteiger charge is 2.32. The van der Waals surface area contributed by atoms with E-state index in [1.54, 1.807) is 4.90 Å². The van der Waals surface area contributed by atoms with E-state index in [2.05, 4.69) is 15.3 Å². The standard InChI is InChI=1S/C21H22Cl2F3N5O2/c22-11-7-14(23)17(16(8-11)33-6-2-5-21(24,25)26)18-13-9-31(10-15(13)29-19(27)30-18)20(32)28-12-3-1-4-12/h7-8,12H,1-6,9-10H2,(H,28,32)(H2,27,29,30). The molecule has 2 aliphatic rings. The lowest BCUT2D eigenvalue weighted by Gasteiger charge is -2.28. The van der Waals surface area contributed by atoms with Crippen molar-refractivity contribution in [2.24, 2.45) is 0 Å². The minimum absolute atomic E-state index is 0.0148. The summed E-state index contributed by atoms with van der Waals surface area (Å²) in [5.41, 5.74) is 7.87. The third-order valence-electron chi connectivity index (χ3n) is 5.64. The molecule has 1 aromatic carbocycles. The number of hydrogen-bond acceptors (Lipinski definition) is 5. The molecule has 2 heterocycles. The number of urea groups is 1. The molecule has 0 atom stereocenters. The Balaban J connectivity index is 1.61. The van der Waals surface area contributed by atoms with E-state index < -0.39 is 12.6 Å². The second-order valence-electron chi connectivity index (χ2n) is 8.12. The van der Waals surface area contributed by atoms with Gasteiger partial charge in [0, 0.05) is 23.0 Å². The summed E-state index contributed by atoms with van der Waals surface area (Å²) in [6.07, 6.45) is -2.47. The lowest BCUT2D eigenvalue weighted by molar-refractivity contribution is -0.136. The van der Waals surface area contributed by atoms with Gasteiger partial charge in [-0.15, -0.1) is 0 Å². The first-order chi connectivity index (χ1) is 15.6. The first-order valence-corrected chi connectivity index (χ1v) is 11.3. The average Bonchev–Trinajstić information content (AvgIpc) is 3.10. The van der Waals surface area contributed by atoms with Gasteiger partial charge in [-0.3, -0.25) is 0 Å². The largest absolute Gasteiger partial charge is 0.493 e. The zero-order chi connectivity index (χ0) is 23.8. The smallest absolute Gasteiger partial charge is 0.389 e. The number of halogens is 5. The fourth-order valence-electron chi connectivity index (χ4n) is 3.79. The van der Waals surface area contributed by atoms with E-state index in [0.717, 1.165) is 19.3 Å². The molecule has 2 amide bonds. The highest BCUT2D eigenvalue weighted by Crippen LogP contribution is 2.42. The van der Waals surface area contributed by atoms with Gasteiger partial charge in [0.25, 0.3) is 0 Å². The van der Waals surface area contributed by atoms with Crippen molar-refractivity contribution in [1.82, 2.24) is 20.2 Å². The summed E-state index contributed by atoms with van der Waals surface area (Å²) in [4.78, 5) is 22.9. The molecular weight excluding hydrogens is 482 g/mol. The SMILES string of the molecule is Nc1nc2c(c(-c3c(Cl)cc(Cl)cc3OCCCC(F)(F)F)n1)CN(C(=O)NC1CCC1)C2. The third-order valence-corrected chi connectivity index (χ3v) is 6.15. The topological polar surface area (TPSA) is 93.4 Å². The first kappa shape index (κ1) is 23.7. The molecule has 3 N–H and O–H groups in total. The fraction of sp³-hybridized carbons (Fsp3) is 0.476. The molecule has 7 nitrogen and oxygen atoms in total. The molecule has 4 rings (SSSR count). The van der Waals surface area contributed by atoms with Crippen molar-refractivity contribution in [2.75, 3.05) is 12.3 Å². The number of amides is 2. The van der Waals surface area contributed by atoms with Gasteiger partial charge in [-0.05, 0) is 37.8 Å². The Morgan fingerprint density at radius 3 is 2.67 bits per heavy atom. The number of carbonyl (C=O) groups excluding carboxylic acids is 1. The molecule has 1 saturated carbocycles.